The van der Waals surface area contributed by atoms with Crippen molar-refractivity contribution in [3.05, 3.63) is 47.9 Å². The second-order valence-corrected chi connectivity index (χ2v) is 3.72. The average molecular weight is 243 g/mol. The number of nitrogens with two attached hydrogens (primary N) is 1. The number of nitrogens with one attached hydrogen (secondary N) is 2. The molecule has 0 aliphatic carbocycles. The Morgan fingerprint density at radius 2 is 2.22 bits per heavy atom. The number of amides is 1. The Hall–Kier alpha value is -2.47. The fraction of sp³-hybridized carbons (Fsp3) is 0.0833. The summed E-state index contributed by atoms with van der Waals surface area (Å²) in [6, 6.07) is 6.78. The van der Waals surface area contributed by atoms with E-state index < -0.39 is 0 Å². The van der Waals surface area contributed by atoms with Gasteiger partial charge in [0.1, 0.15) is 5.82 Å². The van der Waals surface area contributed by atoms with Crippen molar-refractivity contribution in [3.8, 4) is 0 Å². The molecule has 2 aromatic rings. The lowest BCUT2D eigenvalue weighted by Gasteiger charge is -2.07. The molecule has 0 aliphatic rings. The van der Waals surface area contributed by atoms with Gasteiger partial charge in [-0.1, -0.05) is 0 Å². The SMILES string of the molecule is Cc1cc(C(=O)Nc2cccnc2)cc(NN)n1. The summed E-state index contributed by atoms with van der Waals surface area (Å²) < 4.78 is 0. The first-order valence-corrected chi connectivity index (χ1v) is 5.36. The Kier molecular flexibility index (Phi) is 3.49. The highest BCUT2D eigenvalue weighted by atomic mass is 16.1. The molecule has 92 valence electrons. The van der Waals surface area contributed by atoms with E-state index in [-0.39, 0.29) is 5.91 Å². The van der Waals surface area contributed by atoms with Gasteiger partial charge in [0.05, 0.1) is 11.9 Å². The van der Waals surface area contributed by atoms with Crippen LogP contribution in [0, 0.1) is 6.92 Å². The molecule has 0 saturated heterocycles. The molecule has 0 unspecified atom stereocenters. The third-order valence-corrected chi connectivity index (χ3v) is 2.28. The molecule has 0 aliphatic heterocycles. The minimum atomic E-state index is -0.231. The van der Waals surface area contributed by atoms with Crippen LogP contribution < -0.4 is 16.6 Å². The molecule has 0 fully saturated rings. The molecule has 4 N–H and O–H groups in total. The summed E-state index contributed by atoms with van der Waals surface area (Å²) >= 11 is 0. The van der Waals surface area contributed by atoms with Gasteiger partial charge in [-0.05, 0) is 31.2 Å². The van der Waals surface area contributed by atoms with Crippen LogP contribution >= 0.6 is 0 Å². The van der Waals surface area contributed by atoms with E-state index in [1.165, 1.54) is 0 Å². The van der Waals surface area contributed by atoms with Crippen LogP contribution in [-0.4, -0.2) is 15.9 Å². The summed E-state index contributed by atoms with van der Waals surface area (Å²) in [5.41, 5.74) is 4.26. The highest BCUT2D eigenvalue weighted by Gasteiger charge is 2.08. The fourth-order valence-electron chi connectivity index (χ4n) is 1.51. The summed E-state index contributed by atoms with van der Waals surface area (Å²) in [5, 5.41) is 2.74. The molecule has 2 aromatic heterocycles. The molecule has 2 rings (SSSR count). The molecule has 2 heterocycles. The van der Waals surface area contributed by atoms with E-state index in [2.05, 4.69) is 20.7 Å². The number of aryl methyl sites for hydroxylation is 1. The van der Waals surface area contributed by atoms with E-state index >= 15 is 0 Å². The van der Waals surface area contributed by atoms with Gasteiger partial charge in [0.2, 0.25) is 0 Å². The van der Waals surface area contributed by atoms with Crippen LogP contribution in [0.15, 0.2) is 36.7 Å². The van der Waals surface area contributed by atoms with Crippen LogP contribution in [0.25, 0.3) is 0 Å². The second kappa shape index (κ2) is 5.24. The highest BCUT2D eigenvalue weighted by Crippen LogP contribution is 2.12. The molecule has 0 saturated carbocycles. The summed E-state index contributed by atoms with van der Waals surface area (Å²) in [4.78, 5) is 20.0. The maximum absolute atomic E-state index is 12.0. The Balaban J connectivity index is 2.21. The Morgan fingerprint density at radius 1 is 1.39 bits per heavy atom. The zero-order valence-corrected chi connectivity index (χ0v) is 9.84. The van der Waals surface area contributed by atoms with Gasteiger partial charge in [-0.25, -0.2) is 10.8 Å². The maximum Gasteiger partial charge on any atom is 0.255 e. The number of pyridine rings is 2. The predicted molar refractivity (Wildman–Crippen MR) is 69.0 cm³/mol. The summed E-state index contributed by atoms with van der Waals surface area (Å²) in [6.45, 7) is 1.79. The van der Waals surface area contributed by atoms with E-state index in [4.69, 9.17) is 5.84 Å². The topological polar surface area (TPSA) is 92.9 Å². The van der Waals surface area contributed by atoms with E-state index in [1.807, 2.05) is 0 Å². The minimum absolute atomic E-state index is 0.231. The Morgan fingerprint density at radius 3 is 2.89 bits per heavy atom. The normalized spacial score (nSPS) is 9.89. The standard InChI is InChI=1S/C12H13N5O/c1-8-5-9(6-11(15-8)17-13)12(18)16-10-3-2-4-14-7-10/h2-7H,13H2,1H3,(H,15,17)(H,16,18). The molecular formula is C12H13N5O. The van der Waals surface area contributed by atoms with Crippen molar-refractivity contribution < 1.29 is 4.79 Å². The van der Waals surface area contributed by atoms with Crippen LogP contribution in [0.3, 0.4) is 0 Å². The smallest absolute Gasteiger partial charge is 0.255 e. The number of nitrogen functional groups attached to an aromatic ring is 1. The number of hydrazine groups is 1. The van der Waals surface area contributed by atoms with E-state index in [0.717, 1.165) is 0 Å². The molecule has 0 aromatic carbocycles. The van der Waals surface area contributed by atoms with Crippen molar-refractivity contribution >= 4 is 17.4 Å². The Bertz CT molecular complexity index is 556. The first-order chi connectivity index (χ1) is 8.69. The van der Waals surface area contributed by atoms with Crippen LogP contribution in [0.1, 0.15) is 16.1 Å². The highest BCUT2D eigenvalue weighted by molar-refractivity contribution is 6.04. The molecule has 1 amide bonds. The number of carbonyl (C=O) groups is 1. The summed E-state index contributed by atoms with van der Waals surface area (Å²) in [5.74, 6) is 5.50. The van der Waals surface area contributed by atoms with Crippen LogP contribution in [0.2, 0.25) is 0 Å². The number of anilines is 2. The van der Waals surface area contributed by atoms with Gasteiger partial charge in [0, 0.05) is 17.5 Å². The number of hydrogen-bond donors (Lipinski definition) is 3. The van der Waals surface area contributed by atoms with Gasteiger partial charge in [-0.15, -0.1) is 0 Å². The van der Waals surface area contributed by atoms with Crippen molar-refractivity contribution in [1.29, 1.82) is 0 Å². The number of nitrogens with zero attached hydrogens (tertiary/aromatic N) is 2. The van der Waals surface area contributed by atoms with E-state index in [9.17, 15) is 4.79 Å². The third-order valence-electron chi connectivity index (χ3n) is 2.28. The molecule has 0 atom stereocenters. The number of aromatic nitrogens is 2. The van der Waals surface area contributed by atoms with Crippen molar-refractivity contribution in [3.63, 3.8) is 0 Å². The van der Waals surface area contributed by atoms with E-state index in [0.29, 0.717) is 22.8 Å². The van der Waals surface area contributed by atoms with Crippen molar-refractivity contribution in [2.45, 2.75) is 6.92 Å². The van der Waals surface area contributed by atoms with Gasteiger partial charge in [-0.3, -0.25) is 9.78 Å². The molecule has 18 heavy (non-hydrogen) atoms. The monoisotopic (exact) mass is 243 g/mol. The maximum atomic E-state index is 12.0. The van der Waals surface area contributed by atoms with Gasteiger partial charge >= 0.3 is 0 Å². The lowest BCUT2D eigenvalue weighted by molar-refractivity contribution is 0.102. The average Bonchev–Trinajstić information content (AvgIpc) is 2.39. The largest absolute Gasteiger partial charge is 0.321 e. The van der Waals surface area contributed by atoms with Crippen molar-refractivity contribution in [2.75, 3.05) is 10.7 Å². The van der Waals surface area contributed by atoms with Crippen LogP contribution in [-0.2, 0) is 0 Å². The van der Waals surface area contributed by atoms with Gasteiger partial charge in [-0.2, -0.15) is 0 Å². The van der Waals surface area contributed by atoms with Gasteiger partial charge < -0.3 is 10.7 Å². The van der Waals surface area contributed by atoms with Crippen LogP contribution in [0.5, 0.6) is 0 Å². The third kappa shape index (κ3) is 2.80. The number of carbonyl (C=O) groups excluding carboxylic acids is 1. The minimum Gasteiger partial charge on any atom is -0.321 e. The van der Waals surface area contributed by atoms with E-state index in [1.54, 1.807) is 43.6 Å². The molecular weight excluding hydrogens is 230 g/mol. The zero-order valence-electron chi connectivity index (χ0n) is 9.84. The molecule has 0 spiro atoms. The zero-order chi connectivity index (χ0) is 13.0. The second-order valence-electron chi connectivity index (χ2n) is 3.72. The first-order valence-electron chi connectivity index (χ1n) is 5.36. The molecule has 0 bridgehead atoms. The first kappa shape index (κ1) is 12.0. The quantitative estimate of drug-likeness (QED) is 0.558. The van der Waals surface area contributed by atoms with Crippen molar-refractivity contribution in [1.82, 2.24) is 9.97 Å². The van der Waals surface area contributed by atoms with Crippen molar-refractivity contribution in [2.24, 2.45) is 5.84 Å². The lowest BCUT2D eigenvalue weighted by Crippen LogP contribution is -2.15. The number of rotatable bonds is 3. The molecule has 6 heteroatoms. The lowest BCUT2D eigenvalue weighted by atomic mass is 10.2. The molecule has 6 nitrogen and oxygen atoms in total. The predicted octanol–water partition coefficient (Wildman–Crippen LogP) is 1.32. The summed E-state index contributed by atoms with van der Waals surface area (Å²) in [6.07, 6.45) is 3.22. The van der Waals surface area contributed by atoms with Gasteiger partial charge in [0.15, 0.2) is 0 Å². The fourth-order valence-corrected chi connectivity index (χ4v) is 1.51. The summed E-state index contributed by atoms with van der Waals surface area (Å²) in [7, 11) is 0. The number of hydrogen-bond acceptors (Lipinski definition) is 5. The molecule has 0 radical (unpaired) electrons. The Labute approximate surface area is 104 Å². The van der Waals surface area contributed by atoms with Gasteiger partial charge in [0.25, 0.3) is 5.91 Å². The van der Waals surface area contributed by atoms with Crippen LogP contribution in [0.4, 0.5) is 11.5 Å².